The topological polar surface area (TPSA) is 67.2 Å². The van der Waals surface area contributed by atoms with E-state index >= 15 is 0 Å². The molecule has 2 aromatic carbocycles. The Kier molecular flexibility index (Phi) is 8.61. The smallest absolute Gasteiger partial charge is 0.265 e. The summed E-state index contributed by atoms with van der Waals surface area (Å²) in [4.78, 5) is 36.0. The van der Waals surface area contributed by atoms with Gasteiger partial charge >= 0.3 is 0 Å². The summed E-state index contributed by atoms with van der Waals surface area (Å²) >= 11 is 7.57. The van der Waals surface area contributed by atoms with Gasteiger partial charge in [-0.25, -0.2) is 4.98 Å². The van der Waals surface area contributed by atoms with Crippen molar-refractivity contribution >= 4 is 28.8 Å². The highest BCUT2D eigenvalue weighted by Crippen LogP contribution is 2.39. The lowest BCUT2D eigenvalue weighted by Gasteiger charge is -2.31. The van der Waals surface area contributed by atoms with Crippen LogP contribution in [0, 0.1) is 0 Å². The van der Waals surface area contributed by atoms with E-state index in [2.05, 4.69) is 37.4 Å². The van der Waals surface area contributed by atoms with Gasteiger partial charge in [-0.1, -0.05) is 68.6 Å². The van der Waals surface area contributed by atoms with E-state index < -0.39 is 0 Å². The number of halogens is 1. The van der Waals surface area contributed by atoms with Gasteiger partial charge in [0.1, 0.15) is 5.01 Å². The van der Waals surface area contributed by atoms with E-state index in [0.29, 0.717) is 34.2 Å². The van der Waals surface area contributed by atoms with Crippen LogP contribution in [-0.4, -0.2) is 46.5 Å². The number of piperazine rings is 1. The van der Waals surface area contributed by atoms with Crippen molar-refractivity contribution < 1.29 is 4.79 Å². The number of nitrogens with one attached hydrogen (secondary N) is 1. The summed E-state index contributed by atoms with van der Waals surface area (Å²) in [5.74, 6) is 0.166. The largest absolute Gasteiger partial charge is 0.336 e. The highest BCUT2D eigenvalue weighted by Gasteiger charge is 2.32. The molecule has 4 aromatic rings. The van der Waals surface area contributed by atoms with Crippen molar-refractivity contribution in [2.75, 3.05) is 26.2 Å². The number of pyridine rings is 1. The number of aromatic nitrogens is 2. The predicted molar refractivity (Wildman–Crippen MR) is 172 cm³/mol. The Bertz CT molecular complexity index is 1630. The van der Waals surface area contributed by atoms with Crippen molar-refractivity contribution in [3.8, 4) is 27.5 Å². The summed E-state index contributed by atoms with van der Waals surface area (Å²) in [7, 11) is 0. The molecule has 2 fully saturated rings. The van der Waals surface area contributed by atoms with E-state index in [9.17, 15) is 9.59 Å². The van der Waals surface area contributed by atoms with Crippen molar-refractivity contribution in [1.29, 1.82) is 0 Å². The van der Waals surface area contributed by atoms with Crippen LogP contribution in [0.4, 0.5) is 0 Å². The molecule has 0 unspecified atom stereocenters. The number of para-hydroxylation sites is 1. The summed E-state index contributed by atoms with van der Waals surface area (Å²) in [5, 5.41) is 6.62. The summed E-state index contributed by atoms with van der Waals surface area (Å²) in [5.41, 5.74) is 6.82. The fraction of sp³-hybridized carbons (Fsp3) is 0.382. The molecule has 42 heavy (non-hydrogen) atoms. The molecule has 1 saturated carbocycles. The number of thiazole rings is 1. The molecule has 218 valence electrons. The summed E-state index contributed by atoms with van der Waals surface area (Å²) in [6.45, 7) is 7.12. The third-order valence-electron chi connectivity index (χ3n) is 8.68. The van der Waals surface area contributed by atoms with Gasteiger partial charge in [0.2, 0.25) is 0 Å². The first-order chi connectivity index (χ1) is 20.5. The lowest BCUT2D eigenvalue weighted by atomic mass is 9.93. The van der Waals surface area contributed by atoms with Gasteiger partial charge in [-0.3, -0.25) is 14.2 Å². The predicted octanol–water partition coefficient (Wildman–Crippen LogP) is 7.11. The summed E-state index contributed by atoms with van der Waals surface area (Å²) in [6.07, 6.45) is 5.76. The average Bonchev–Trinajstić information content (AvgIpc) is 3.74. The van der Waals surface area contributed by atoms with E-state index in [0.717, 1.165) is 85.4 Å². The maximum atomic E-state index is 14.8. The highest BCUT2D eigenvalue weighted by atomic mass is 35.5. The first-order valence-electron chi connectivity index (χ1n) is 15.1. The lowest BCUT2D eigenvalue weighted by molar-refractivity contribution is 0.0733. The molecule has 2 aliphatic rings. The molecule has 6 nitrogen and oxygen atoms in total. The Morgan fingerprint density at radius 1 is 1.02 bits per heavy atom. The number of benzene rings is 2. The molecule has 2 aromatic heterocycles. The molecule has 0 atom stereocenters. The molecule has 0 bridgehead atoms. The van der Waals surface area contributed by atoms with Gasteiger partial charge in [-0.15, -0.1) is 11.3 Å². The van der Waals surface area contributed by atoms with Gasteiger partial charge in [0.15, 0.2) is 0 Å². The minimum absolute atomic E-state index is 0.00917. The SMILES string of the molecule is CCc1cccc(CC)c1-n1c(C2CCCC2)c(C(=O)N2CCNCC2)cc(-c2nc(-c3ccc(Cl)cc3)cs2)c1=O. The third kappa shape index (κ3) is 5.46. The van der Waals surface area contributed by atoms with Crippen LogP contribution in [-0.2, 0) is 12.8 Å². The second-order valence-electron chi connectivity index (χ2n) is 11.2. The monoisotopic (exact) mass is 600 g/mol. The first kappa shape index (κ1) is 28.8. The van der Waals surface area contributed by atoms with Gasteiger partial charge in [0, 0.05) is 53.8 Å². The third-order valence-corrected chi connectivity index (χ3v) is 9.81. The van der Waals surface area contributed by atoms with Crippen LogP contribution >= 0.6 is 22.9 Å². The molecule has 1 aliphatic carbocycles. The quantitative estimate of drug-likeness (QED) is 0.245. The zero-order chi connectivity index (χ0) is 29.2. The number of amides is 1. The maximum Gasteiger partial charge on any atom is 0.265 e. The number of hydrogen-bond donors (Lipinski definition) is 1. The van der Waals surface area contributed by atoms with Crippen LogP contribution < -0.4 is 10.9 Å². The van der Waals surface area contributed by atoms with Crippen molar-refractivity contribution in [1.82, 2.24) is 19.8 Å². The molecular weight excluding hydrogens is 564 g/mol. The van der Waals surface area contributed by atoms with Crippen LogP contribution in [0.15, 0.2) is 58.7 Å². The van der Waals surface area contributed by atoms with E-state index in [4.69, 9.17) is 16.6 Å². The number of rotatable bonds is 7. The Labute approximate surface area is 256 Å². The molecule has 6 rings (SSSR count). The van der Waals surface area contributed by atoms with Crippen LogP contribution in [0.5, 0.6) is 0 Å². The van der Waals surface area contributed by atoms with Crippen LogP contribution in [0.25, 0.3) is 27.5 Å². The second-order valence-corrected chi connectivity index (χ2v) is 12.5. The van der Waals surface area contributed by atoms with E-state index in [1.165, 1.54) is 11.3 Å². The standard InChI is InChI=1S/C34H37ClN4O2S/c1-3-22-10-7-11-23(4-2)30(22)39-31(25-8-5-6-9-25)27(33(40)38-18-16-36-17-19-38)20-28(34(39)41)32-37-29(21-42-32)24-12-14-26(35)15-13-24/h7,10-15,20-21,25,36H,3-6,8-9,16-19H2,1-2H3. The normalized spacial score (nSPS) is 15.8. The van der Waals surface area contributed by atoms with E-state index in [-0.39, 0.29) is 17.4 Å². The van der Waals surface area contributed by atoms with Crippen LogP contribution in [0.1, 0.15) is 72.6 Å². The minimum Gasteiger partial charge on any atom is -0.336 e. The van der Waals surface area contributed by atoms with Gasteiger partial charge in [-0.2, -0.15) is 0 Å². The number of nitrogens with zero attached hydrogens (tertiary/aromatic N) is 3. The van der Waals surface area contributed by atoms with Crippen molar-refractivity contribution in [2.24, 2.45) is 0 Å². The summed E-state index contributed by atoms with van der Waals surface area (Å²) < 4.78 is 1.93. The lowest BCUT2D eigenvalue weighted by Crippen LogP contribution is -2.47. The minimum atomic E-state index is -0.0960. The van der Waals surface area contributed by atoms with Gasteiger partial charge in [-0.05, 0) is 55.0 Å². The van der Waals surface area contributed by atoms with Gasteiger partial charge in [0.05, 0.1) is 22.5 Å². The fourth-order valence-corrected chi connectivity index (χ4v) is 7.43. The van der Waals surface area contributed by atoms with Crippen molar-refractivity contribution in [3.05, 3.63) is 91.7 Å². The van der Waals surface area contributed by atoms with Gasteiger partial charge in [0.25, 0.3) is 11.5 Å². The molecule has 0 radical (unpaired) electrons. The number of carbonyl (C=O) groups excluding carboxylic acids is 1. The Balaban J connectivity index is 1.63. The molecule has 0 spiro atoms. The highest BCUT2D eigenvalue weighted by molar-refractivity contribution is 7.13. The molecule has 3 heterocycles. The Hall–Kier alpha value is -3.26. The Morgan fingerprint density at radius 2 is 1.69 bits per heavy atom. The number of carbonyl (C=O) groups is 1. The van der Waals surface area contributed by atoms with Crippen LogP contribution in [0.2, 0.25) is 5.02 Å². The Morgan fingerprint density at radius 3 is 2.33 bits per heavy atom. The van der Waals surface area contributed by atoms with E-state index in [1.54, 1.807) is 0 Å². The molecule has 1 saturated heterocycles. The van der Waals surface area contributed by atoms with Crippen LogP contribution in [0.3, 0.4) is 0 Å². The molecular formula is C34H37ClN4O2S. The van der Waals surface area contributed by atoms with Crippen molar-refractivity contribution in [3.63, 3.8) is 0 Å². The number of hydrogen-bond acceptors (Lipinski definition) is 5. The molecule has 8 heteroatoms. The maximum absolute atomic E-state index is 14.8. The molecule has 1 N–H and O–H groups in total. The zero-order valence-electron chi connectivity index (χ0n) is 24.3. The van der Waals surface area contributed by atoms with E-state index in [1.807, 2.05) is 45.2 Å². The molecule has 1 aliphatic heterocycles. The van der Waals surface area contributed by atoms with Crippen molar-refractivity contribution in [2.45, 2.75) is 58.3 Å². The van der Waals surface area contributed by atoms with Gasteiger partial charge < -0.3 is 10.2 Å². The zero-order valence-corrected chi connectivity index (χ0v) is 25.9. The first-order valence-corrected chi connectivity index (χ1v) is 16.4. The second kappa shape index (κ2) is 12.5. The average molecular weight is 601 g/mol. The molecule has 1 amide bonds. The number of aryl methyl sites for hydroxylation is 2. The fourth-order valence-electron chi connectivity index (χ4n) is 6.47. The summed E-state index contributed by atoms with van der Waals surface area (Å²) in [6, 6.07) is 15.7.